The third-order valence-corrected chi connectivity index (χ3v) is 3.33. The Kier molecular flexibility index (Phi) is 3.65. The summed E-state index contributed by atoms with van der Waals surface area (Å²) in [5, 5.41) is 2.84. The molecule has 0 aliphatic rings. The number of hydrogen-bond acceptors (Lipinski definition) is 4. The number of amides is 1. The molecule has 3 aromatic rings. The van der Waals surface area contributed by atoms with Crippen LogP contribution >= 0.6 is 0 Å². The second-order valence-corrected chi connectivity index (χ2v) is 4.66. The number of fused-ring (bicyclic) bond motifs is 1. The average Bonchev–Trinajstić information content (AvgIpc) is 3.02. The topological polar surface area (TPSA) is 64.9 Å². The maximum absolute atomic E-state index is 12.4. The number of imidazole rings is 1. The lowest BCUT2D eigenvalue weighted by molar-refractivity contribution is 0.102. The van der Waals surface area contributed by atoms with Gasteiger partial charge in [0.2, 0.25) is 0 Å². The highest BCUT2D eigenvalue weighted by molar-refractivity contribution is 6.05. The number of carbonyl (C=O) groups excluding carboxylic acids is 1. The van der Waals surface area contributed by atoms with Crippen LogP contribution in [0.2, 0.25) is 0 Å². The molecule has 2 aromatic heterocycles. The average molecular weight is 297 g/mol. The zero-order valence-electron chi connectivity index (χ0n) is 12.2. The normalized spacial score (nSPS) is 10.5. The Labute approximate surface area is 127 Å². The Morgan fingerprint density at radius 2 is 2.05 bits per heavy atom. The van der Waals surface area contributed by atoms with E-state index in [1.54, 1.807) is 63.3 Å². The van der Waals surface area contributed by atoms with E-state index in [2.05, 4.69) is 10.3 Å². The van der Waals surface area contributed by atoms with Gasteiger partial charge in [-0.2, -0.15) is 0 Å². The van der Waals surface area contributed by atoms with Gasteiger partial charge in [-0.3, -0.25) is 4.79 Å². The molecule has 0 bridgehead atoms. The molecular formula is C16H15N3O3. The zero-order chi connectivity index (χ0) is 15.5. The number of methoxy groups -OCH3 is 2. The summed E-state index contributed by atoms with van der Waals surface area (Å²) in [4.78, 5) is 16.4. The van der Waals surface area contributed by atoms with E-state index in [1.807, 2.05) is 4.40 Å². The number of anilines is 1. The van der Waals surface area contributed by atoms with Gasteiger partial charge >= 0.3 is 0 Å². The van der Waals surface area contributed by atoms with Gasteiger partial charge < -0.3 is 19.2 Å². The summed E-state index contributed by atoms with van der Waals surface area (Å²) in [6, 6.07) is 8.74. The summed E-state index contributed by atoms with van der Waals surface area (Å²) in [7, 11) is 3.12. The van der Waals surface area contributed by atoms with E-state index in [4.69, 9.17) is 9.47 Å². The van der Waals surface area contributed by atoms with E-state index in [0.717, 1.165) is 5.52 Å². The number of rotatable bonds is 4. The quantitative estimate of drug-likeness (QED) is 0.804. The zero-order valence-corrected chi connectivity index (χ0v) is 12.2. The van der Waals surface area contributed by atoms with Crippen LogP contribution in [-0.4, -0.2) is 29.5 Å². The lowest BCUT2D eigenvalue weighted by Gasteiger charge is -2.12. The predicted molar refractivity (Wildman–Crippen MR) is 82.7 cm³/mol. The van der Waals surface area contributed by atoms with Crippen LogP contribution in [0.5, 0.6) is 11.5 Å². The second kappa shape index (κ2) is 5.77. The van der Waals surface area contributed by atoms with Gasteiger partial charge in [0.25, 0.3) is 5.91 Å². The molecule has 0 aliphatic heterocycles. The standard InChI is InChI=1S/C16H15N3O3/c1-21-13-3-4-15(22-2)14(8-13)18-16(20)11-5-6-19-10-17-9-12(19)7-11/h3-10H,1-2H3,(H,18,20). The van der Waals surface area contributed by atoms with E-state index >= 15 is 0 Å². The van der Waals surface area contributed by atoms with Crippen LogP contribution in [0.4, 0.5) is 5.69 Å². The number of pyridine rings is 1. The van der Waals surface area contributed by atoms with Crippen molar-refractivity contribution in [1.29, 1.82) is 0 Å². The summed E-state index contributed by atoms with van der Waals surface area (Å²) in [5.74, 6) is 0.983. The SMILES string of the molecule is COc1ccc(OC)c(NC(=O)c2ccn3cncc3c2)c1. The first-order valence-electron chi connectivity index (χ1n) is 6.66. The van der Waals surface area contributed by atoms with Crippen LogP contribution in [-0.2, 0) is 0 Å². The van der Waals surface area contributed by atoms with Crippen molar-refractivity contribution in [2.24, 2.45) is 0 Å². The van der Waals surface area contributed by atoms with Gasteiger partial charge in [0.15, 0.2) is 0 Å². The number of ether oxygens (including phenoxy) is 2. The van der Waals surface area contributed by atoms with Crippen molar-refractivity contribution in [1.82, 2.24) is 9.38 Å². The number of nitrogens with zero attached hydrogens (tertiary/aromatic N) is 2. The fraction of sp³-hybridized carbons (Fsp3) is 0.125. The van der Waals surface area contributed by atoms with Gasteiger partial charge in [-0.05, 0) is 24.3 Å². The van der Waals surface area contributed by atoms with E-state index in [0.29, 0.717) is 22.7 Å². The van der Waals surface area contributed by atoms with Gasteiger partial charge in [0.1, 0.15) is 11.5 Å². The smallest absolute Gasteiger partial charge is 0.255 e. The van der Waals surface area contributed by atoms with E-state index in [9.17, 15) is 4.79 Å². The lowest BCUT2D eigenvalue weighted by atomic mass is 10.2. The van der Waals surface area contributed by atoms with Crippen molar-refractivity contribution < 1.29 is 14.3 Å². The van der Waals surface area contributed by atoms with Crippen molar-refractivity contribution in [3.63, 3.8) is 0 Å². The molecule has 0 atom stereocenters. The van der Waals surface area contributed by atoms with Crippen LogP contribution < -0.4 is 14.8 Å². The number of benzene rings is 1. The Morgan fingerprint density at radius 1 is 1.18 bits per heavy atom. The van der Waals surface area contributed by atoms with Crippen LogP contribution in [0.3, 0.4) is 0 Å². The second-order valence-electron chi connectivity index (χ2n) is 4.66. The predicted octanol–water partition coefficient (Wildman–Crippen LogP) is 2.60. The van der Waals surface area contributed by atoms with E-state index in [1.165, 1.54) is 0 Å². The Balaban J connectivity index is 1.89. The third-order valence-electron chi connectivity index (χ3n) is 3.33. The summed E-state index contributed by atoms with van der Waals surface area (Å²) >= 11 is 0. The fourth-order valence-electron chi connectivity index (χ4n) is 2.17. The molecule has 0 radical (unpaired) electrons. The summed E-state index contributed by atoms with van der Waals surface area (Å²) < 4.78 is 12.3. The molecular weight excluding hydrogens is 282 g/mol. The Bertz CT molecular complexity index is 826. The highest BCUT2D eigenvalue weighted by atomic mass is 16.5. The van der Waals surface area contributed by atoms with Gasteiger partial charge in [-0.25, -0.2) is 4.98 Å². The maximum atomic E-state index is 12.4. The van der Waals surface area contributed by atoms with Gasteiger partial charge in [-0.1, -0.05) is 0 Å². The molecule has 1 aromatic carbocycles. The van der Waals surface area contributed by atoms with Crippen molar-refractivity contribution in [3.05, 3.63) is 54.6 Å². The first-order valence-corrected chi connectivity index (χ1v) is 6.66. The number of aromatic nitrogens is 2. The van der Waals surface area contributed by atoms with Crippen molar-refractivity contribution in [2.45, 2.75) is 0 Å². The number of carbonyl (C=O) groups is 1. The monoisotopic (exact) mass is 297 g/mol. The van der Waals surface area contributed by atoms with Gasteiger partial charge in [0.05, 0.1) is 37.9 Å². The molecule has 112 valence electrons. The van der Waals surface area contributed by atoms with Crippen molar-refractivity contribution in [3.8, 4) is 11.5 Å². The molecule has 0 fully saturated rings. The minimum absolute atomic E-state index is 0.227. The molecule has 3 rings (SSSR count). The molecule has 0 unspecified atom stereocenters. The first kappa shape index (κ1) is 13.9. The Morgan fingerprint density at radius 3 is 2.82 bits per heavy atom. The molecule has 6 nitrogen and oxygen atoms in total. The molecule has 0 saturated heterocycles. The van der Waals surface area contributed by atoms with Gasteiger partial charge in [-0.15, -0.1) is 0 Å². The number of nitrogens with one attached hydrogen (secondary N) is 1. The van der Waals surface area contributed by atoms with Crippen LogP contribution in [0, 0.1) is 0 Å². The molecule has 2 heterocycles. The van der Waals surface area contributed by atoms with Crippen LogP contribution in [0.15, 0.2) is 49.1 Å². The van der Waals surface area contributed by atoms with E-state index in [-0.39, 0.29) is 5.91 Å². The fourth-order valence-corrected chi connectivity index (χ4v) is 2.17. The third kappa shape index (κ3) is 2.58. The summed E-state index contributed by atoms with van der Waals surface area (Å²) in [6.07, 6.45) is 5.17. The highest BCUT2D eigenvalue weighted by Crippen LogP contribution is 2.29. The molecule has 22 heavy (non-hydrogen) atoms. The largest absolute Gasteiger partial charge is 0.497 e. The molecule has 6 heteroatoms. The first-order chi connectivity index (χ1) is 10.7. The van der Waals surface area contributed by atoms with Crippen LogP contribution in [0.25, 0.3) is 5.52 Å². The molecule has 0 saturated carbocycles. The van der Waals surface area contributed by atoms with Crippen molar-refractivity contribution in [2.75, 3.05) is 19.5 Å². The van der Waals surface area contributed by atoms with Crippen LogP contribution in [0.1, 0.15) is 10.4 Å². The summed E-state index contributed by atoms with van der Waals surface area (Å²) in [5.41, 5.74) is 1.95. The van der Waals surface area contributed by atoms with E-state index < -0.39 is 0 Å². The minimum atomic E-state index is -0.227. The number of hydrogen-bond donors (Lipinski definition) is 1. The molecule has 0 spiro atoms. The highest BCUT2D eigenvalue weighted by Gasteiger charge is 2.11. The molecule has 1 amide bonds. The van der Waals surface area contributed by atoms with Gasteiger partial charge in [0, 0.05) is 17.8 Å². The minimum Gasteiger partial charge on any atom is -0.497 e. The molecule has 0 aliphatic carbocycles. The summed E-state index contributed by atoms with van der Waals surface area (Å²) in [6.45, 7) is 0. The van der Waals surface area contributed by atoms with Crippen molar-refractivity contribution >= 4 is 17.1 Å². The Hall–Kier alpha value is -3.02. The molecule has 1 N–H and O–H groups in total. The maximum Gasteiger partial charge on any atom is 0.255 e. The lowest BCUT2D eigenvalue weighted by Crippen LogP contribution is -2.13.